The molecule has 3 rings (SSSR count). The molecule has 0 heterocycles. The van der Waals surface area contributed by atoms with Crippen LogP contribution in [0.15, 0.2) is 71.8 Å². The monoisotopic (exact) mass is 560 g/mol. The lowest BCUT2D eigenvalue weighted by molar-refractivity contribution is -0.116. The normalized spacial score (nSPS) is 9.76. The number of rotatable bonds is 8. The Labute approximate surface area is 232 Å². The molecule has 0 radical (unpaired) electrons. The molecule has 0 spiro atoms. The molecular weight excluding hydrogens is 535 g/mol. The first kappa shape index (κ1) is 31.6. The molecule has 1 N–H and O–H groups in total. The van der Waals surface area contributed by atoms with Gasteiger partial charge in [0, 0.05) is 42.4 Å². The largest absolute Gasteiger partial charge is 0.365 e. The van der Waals surface area contributed by atoms with E-state index in [1.54, 1.807) is 24.4 Å². The zero-order chi connectivity index (χ0) is 27.6. The Bertz CT molecular complexity index is 1170. The van der Waals surface area contributed by atoms with E-state index in [4.69, 9.17) is 40.1 Å². The van der Waals surface area contributed by atoms with E-state index in [9.17, 15) is 9.59 Å². The van der Waals surface area contributed by atoms with E-state index in [1.807, 2.05) is 54.6 Å². The molecule has 3 aromatic rings. The lowest BCUT2D eigenvalue weighted by Gasteiger charge is -2.17. The molecule has 0 fully saturated rings. The van der Waals surface area contributed by atoms with Crippen LogP contribution < -0.4 is 10.3 Å². The van der Waals surface area contributed by atoms with E-state index in [2.05, 4.69) is 15.2 Å². The smallest absolute Gasteiger partial charge is 0.244 e. The highest BCUT2D eigenvalue weighted by molar-refractivity contribution is 6.36. The van der Waals surface area contributed by atoms with Gasteiger partial charge in [-0.15, -0.1) is 0 Å². The van der Waals surface area contributed by atoms with Crippen molar-refractivity contribution < 1.29 is 14.3 Å². The fraction of sp³-hybridized carbons (Fsp3) is 0.185. The summed E-state index contributed by atoms with van der Waals surface area (Å²) in [5.41, 5.74) is 3.20. The highest BCUT2D eigenvalue weighted by Gasteiger charge is 2.16. The first-order chi connectivity index (χ1) is 17.8. The number of carbonyl (C=O) groups is 2. The Morgan fingerprint density at radius 1 is 1.08 bits per heavy atom. The van der Waals surface area contributed by atoms with Gasteiger partial charge in [-0.05, 0) is 41.0 Å². The Kier molecular flexibility index (Phi) is 15.3. The van der Waals surface area contributed by atoms with Gasteiger partial charge in [-0.1, -0.05) is 77.3 Å². The van der Waals surface area contributed by atoms with Crippen molar-refractivity contribution in [2.24, 2.45) is 5.10 Å². The van der Waals surface area contributed by atoms with Crippen LogP contribution in [0.25, 0.3) is 0 Å². The third-order valence-electron chi connectivity index (χ3n) is 4.40. The maximum absolute atomic E-state index is 12.1. The molecule has 3 aromatic carbocycles. The van der Waals surface area contributed by atoms with Crippen molar-refractivity contribution in [2.75, 3.05) is 18.8 Å². The third kappa shape index (κ3) is 11.9. The number of nitriles is 1. The summed E-state index contributed by atoms with van der Waals surface area (Å²) in [5, 5.41) is 16.8. The van der Waals surface area contributed by atoms with Crippen molar-refractivity contribution in [2.45, 2.75) is 20.3 Å². The number of halogens is 3. The van der Waals surface area contributed by atoms with Gasteiger partial charge in [0.15, 0.2) is 0 Å². The highest BCUT2D eigenvalue weighted by atomic mass is 35.5. The number of hydrazone groups is 1. The molecular formula is C27H27Cl3N4O3. The topological polar surface area (TPSA) is 94.8 Å². The first-order valence-electron chi connectivity index (χ1n) is 10.9. The van der Waals surface area contributed by atoms with Crippen LogP contribution in [0.1, 0.15) is 30.5 Å². The molecule has 0 aromatic heterocycles. The van der Waals surface area contributed by atoms with Gasteiger partial charge in [0.2, 0.25) is 12.3 Å². The number of amides is 2. The second-order valence-electron chi connectivity index (χ2n) is 7.16. The van der Waals surface area contributed by atoms with E-state index in [0.29, 0.717) is 40.3 Å². The lowest BCUT2D eigenvalue weighted by atomic mass is 10.0. The molecule has 2 amide bonds. The van der Waals surface area contributed by atoms with Gasteiger partial charge in [-0.2, -0.15) is 10.4 Å². The second kappa shape index (κ2) is 17.9. The minimum absolute atomic E-state index is 0.246. The van der Waals surface area contributed by atoms with Crippen molar-refractivity contribution >= 4 is 59.0 Å². The summed E-state index contributed by atoms with van der Waals surface area (Å²) in [6.07, 6.45) is 2.76. The van der Waals surface area contributed by atoms with Crippen molar-refractivity contribution in [1.82, 2.24) is 5.32 Å². The minimum atomic E-state index is -0.246. The average molecular weight is 562 g/mol. The van der Waals surface area contributed by atoms with E-state index in [1.165, 1.54) is 26.0 Å². The quantitative estimate of drug-likeness (QED) is 0.112. The van der Waals surface area contributed by atoms with Gasteiger partial charge in [0.25, 0.3) is 0 Å². The van der Waals surface area contributed by atoms with Crippen LogP contribution in [0, 0.1) is 11.3 Å². The molecule has 10 heteroatoms. The van der Waals surface area contributed by atoms with Crippen LogP contribution >= 0.6 is 34.8 Å². The van der Waals surface area contributed by atoms with Crippen LogP contribution in [0.3, 0.4) is 0 Å². The average Bonchev–Trinajstić information content (AvgIpc) is 2.87. The fourth-order valence-corrected chi connectivity index (χ4v) is 3.53. The number of ether oxygens (including phenoxy) is 1. The number of benzene rings is 3. The predicted octanol–water partition coefficient (Wildman–Crippen LogP) is 6.49. The number of anilines is 1. The van der Waals surface area contributed by atoms with Gasteiger partial charge in [-0.3, -0.25) is 9.59 Å². The van der Waals surface area contributed by atoms with E-state index < -0.39 is 0 Å². The Morgan fingerprint density at radius 3 is 2.11 bits per heavy atom. The van der Waals surface area contributed by atoms with E-state index in [-0.39, 0.29) is 5.91 Å². The standard InChI is InChI=1S/C22H17Cl3N2O.C3H7NO2.C2H3N/c1-15(28)27(26-14-17-5-3-2-4-6-17)19-12-21(24)20(22(25)13-19)11-16-7-9-18(23)10-8-16;1-6-3-4-2-5;1-2-3/h2-10,12-14H,11H2,1H3;2H,3H2,1H3,(H,4,5);1H3/b26-14+;;. The van der Waals surface area contributed by atoms with E-state index >= 15 is 0 Å². The molecule has 194 valence electrons. The molecule has 0 aliphatic heterocycles. The Hall–Kier alpha value is -3.41. The molecule has 0 aliphatic rings. The number of nitrogens with zero attached hydrogens (tertiary/aromatic N) is 3. The van der Waals surface area contributed by atoms with Crippen LogP contribution in [0.5, 0.6) is 0 Å². The van der Waals surface area contributed by atoms with Gasteiger partial charge in [-0.25, -0.2) is 5.01 Å². The summed E-state index contributed by atoms with van der Waals surface area (Å²) in [6.45, 7) is 3.16. The zero-order valence-electron chi connectivity index (χ0n) is 20.6. The minimum Gasteiger partial charge on any atom is -0.365 e. The molecule has 0 saturated carbocycles. The summed E-state index contributed by atoms with van der Waals surface area (Å²) in [7, 11) is 1.51. The van der Waals surface area contributed by atoms with Gasteiger partial charge < -0.3 is 10.1 Å². The van der Waals surface area contributed by atoms with Crippen LogP contribution in [-0.2, 0) is 20.7 Å². The summed E-state index contributed by atoms with van der Waals surface area (Å²) in [6, 6.07) is 22.2. The van der Waals surface area contributed by atoms with Crippen molar-refractivity contribution in [3.05, 3.63) is 98.5 Å². The zero-order valence-corrected chi connectivity index (χ0v) is 22.9. The lowest BCUT2D eigenvalue weighted by Crippen LogP contribution is -2.22. The van der Waals surface area contributed by atoms with Crippen LogP contribution in [-0.4, -0.2) is 32.4 Å². The molecule has 0 saturated heterocycles. The van der Waals surface area contributed by atoms with Crippen molar-refractivity contribution in [3.63, 3.8) is 0 Å². The number of hydrogen-bond donors (Lipinski definition) is 1. The maximum atomic E-state index is 12.1. The van der Waals surface area contributed by atoms with Gasteiger partial charge >= 0.3 is 0 Å². The highest BCUT2D eigenvalue weighted by Crippen LogP contribution is 2.33. The molecule has 0 aliphatic carbocycles. The number of hydrogen-bond acceptors (Lipinski definition) is 5. The number of carbonyl (C=O) groups excluding carboxylic acids is 2. The summed E-state index contributed by atoms with van der Waals surface area (Å²) in [4.78, 5) is 21.5. The van der Waals surface area contributed by atoms with Crippen molar-refractivity contribution in [1.29, 1.82) is 5.26 Å². The number of methoxy groups -OCH3 is 1. The third-order valence-corrected chi connectivity index (χ3v) is 5.32. The summed E-state index contributed by atoms with van der Waals surface area (Å²) in [5.74, 6) is -0.246. The van der Waals surface area contributed by atoms with Gasteiger partial charge in [0.1, 0.15) is 6.73 Å². The van der Waals surface area contributed by atoms with E-state index in [0.717, 1.165) is 16.7 Å². The maximum Gasteiger partial charge on any atom is 0.244 e. The van der Waals surface area contributed by atoms with Crippen LogP contribution in [0.4, 0.5) is 5.69 Å². The fourth-order valence-electron chi connectivity index (χ4n) is 2.80. The molecule has 7 nitrogen and oxygen atoms in total. The Balaban J connectivity index is 0.000000657. The Morgan fingerprint density at radius 2 is 1.65 bits per heavy atom. The SMILES string of the molecule is CC#N.CC(=O)N(/N=C/c1ccccc1)c1cc(Cl)c(Cc2ccc(Cl)cc2)c(Cl)c1.COCNC=O. The summed E-state index contributed by atoms with van der Waals surface area (Å²) >= 11 is 18.9. The molecule has 0 unspecified atom stereocenters. The summed E-state index contributed by atoms with van der Waals surface area (Å²) < 4.78 is 4.44. The van der Waals surface area contributed by atoms with Gasteiger partial charge in [0.05, 0.1) is 18.0 Å². The first-order valence-corrected chi connectivity index (χ1v) is 12.0. The van der Waals surface area contributed by atoms with Crippen molar-refractivity contribution in [3.8, 4) is 6.07 Å². The molecule has 0 bridgehead atoms. The molecule has 0 atom stereocenters. The van der Waals surface area contributed by atoms with Crippen LogP contribution in [0.2, 0.25) is 15.1 Å². The molecule has 37 heavy (non-hydrogen) atoms. The second-order valence-corrected chi connectivity index (χ2v) is 8.41. The number of nitrogens with one attached hydrogen (secondary N) is 1. The predicted molar refractivity (Wildman–Crippen MR) is 150 cm³/mol.